The Labute approximate surface area is 210 Å². The standard InChI is InChI=1S/C26H28ClN3O4S/c1-5-34-26(31)23-21(18-11-12-19(20(27)13-18)15-35(4,32)33)22-24(28-23)25(16(2)3)30(29-22)14-17-9-7-6-8-10-17/h6-13,16,28H,5,14-15H2,1-4H3. The SMILES string of the molecule is CCOC(=O)c1[nH]c2c(C(C)C)n(Cc3ccccc3)nc2c1-c1ccc(CS(C)(=O)=O)c(Cl)c1. The van der Waals surface area contributed by atoms with Crippen LogP contribution in [0.5, 0.6) is 0 Å². The number of esters is 1. The van der Waals surface area contributed by atoms with Crippen molar-refractivity contribution in [3.63, 3.8) is 0 Å². The van der Waals surface area contributed by atoms with E-state index in [1.165, 1.54) is 6.26 Å². The molecular formula is C26H28ClN3O4S. The maximum absolute atomic E-state index is 12.9. The average molecular weight is 514 g/mol. The van der Waals surface area contributed by atoms with Crippen molar-refractivity contribution < 1.29 is 17.9 Å². The quantitative estimate of drug-likeness (QED) is 0.310. The number of benzene rings is 2. The summed E-state index contributed by atoms with van der Waals surface area (Å²) in [6.45, 7) is 6.73. The second-order valence-corrected chi connectivity index (χ2v) is 11.4. The zero-order valence-electron chi connectivity index (χ0n) is 20.1. The maximum Gasteiger partial charge on any atom is 0.355 e. The van der Waals surface area contributed by atoms with Crippen molar-refractivity contribution in [2.75, 3.05) is 12.9 Å². The molecule has 184 valence electrons. The second-order valence-electron chi connectivity index (χ2n) is 8.88. The van der Waals surface area contributed by atoms with Crippen LogP contribution in [-0.2, 0) is 26.9 Å². The summed E-state index contributed by atoms with van der Waals surface area (Å²) < 4.78 is 30.8. The Morgan fingerprint density at radius 3 is 2.49 bits per heavy atom. The summed E-state index contributed by atoms with van der Waals surface area (Å²) in [5.41, 5.74) is 5.52. The first kappa shape index (κ1) is 25.0. The van der Waals surface area contributed by atoms with E-state index in [1.54, 1.807) is 25.1 Å². The van der Waals surface area contributed by atoms with E-state index >= 15 is 0 Å². The van der Waals surface area contributed by atoms with Gasteiger partial charge in [-0.1, -0.05) is 67.9 Å². The smallest absolute Gasteiger partial charge is 0.355 e. The van der Waals surface area contributed by atoms with E-state index < -0.39 is 15.8 Å². The fourth-order valence-corrected chi connectivity index (χ4v) is 5.43. The third kappa shape index (κ3) is 5.28. The van der Waals surface area contributed by atoms with E-state index in [0.717, 1.165) is 16.8 Å². The first-order chi connectivity index (χ1) is 16.6. The van der Waals surface area contributed by atoms with E-state index in [1.807, 2.05) is 35.0 Å². The predicted molar refractivity (Wildman–Crippen MR) is 139 cm³/mol. The van der Waals surface area contributed by atoms with Gasteiger partial charge < -0.3 is 9.72 Å². The Kier molecular flexibility index (Phi) is 7.05. The van der Waals surface area contributed by atoms with E-state index in [4.69, 9.17) is 21.4 Å². The first-order valence-corrected chi connectivity index (χ1v) is 13.8. The molecule has 4 rings (SSSR count). The number of rotatable bonds is 8. The molecule has 0 aliphatic carbocycles. The first-order valence-electron chi connectivity index (χ1n) is 11.4. The number of halogens is 1. The molecule has 7 nitrogen and oxygen atoms in total. The molecule has 0 aliphatic rings. The van der Waals surface area contributed by atoms with Crippen LogP contribution < -0.4 is 0 Å². The molecule has 0 spiro atoms. The molecule has 4 aromatic rings. The number of H-pyrrole nitrogens is 1. The lowest BCUT2D eigenvalue weighted by atomic mass is 10.0. The summed E-state index contributed by atoms with van der Waals surface area (Å²) in [5, 5.41) is 5.23. The van der Waals surface area contributed by atoms with Gasteiger partial charge in [-0.3, -0.25) is 4.68 Å². The zero-order chi connectivity index (χ0) is 25.3. The number of hydrogen-bond donors (Lipinski definition) is 1. The Morgan fingerprint density at radius 1 is 1.17 bits per heavy atom. The van der Waals surface area contributed by atoms with Gasteiger partial charge in [0.25, 0.3) is 0 Å². The maximum atomic E-state index is 12.9. The Morgan fingerprint density at radius 2 is 1.89 bits per heavy atom. The van der Waals surface area contributed by atoms with Crippen molar-refractivity contribution >= 4 is 38.4 Å². The van der Waals surface area contributed by atoms with E-state index in [0.29, 0.717) is 39.5 Å². The number of fused-ring (bicyclic) bond motifs is 1. The number of sulfone groups is 1. The number of nitrogens with one attached hydrogen (secondary N) is 1. The molecule has 2 aromatic carbocycles. The Bertz CT molecular complexity index is 1490. The average Bonchev–Trinajstić information content (AvgIpc) is 3.30. The summed E-state index contributed by atoms with van der Waals surface area (Å²) in [5.74, 6) is -0.519. The summed E-state index contributed by atoms with van der Waals surface area (Å²) >= 11 is 6.47. The Balaban J connectivity index is 1.92. The summed E-state index contributed by atoms with van der Waals surface area (Å²) in [7, 11) is -3.25. The highest BCUT2D eigenvalue weighted by atomic mass is 35.5. The van der Waals surface area contributed by atoms with Crippen LogP contribution in [0.2, 0.25) is 5.02 Å². The number of aromatic nitrogens is 3. The predicted octanol–water partition coefficient (Wildman–Crippen LogP) is 5.58. The minimum atomic E-state index is -3.25. The molecule has 9 heteroatoms. The molecule has 0 radical (unpaired) electrons. The molecule has 0 amide bonds. The van der Waals surface area contributed by atoms with Gasteiger partial charge in [0.05, 0.1) is 30.1 Å². The number of aromatic amines is 1. The minimum Gasteiger partial charge on any atom is -0.461 e. The molecular weight excluding hydrogens is 486 g/mol. The van der Waals surface area contributed by atoms with Crippen molar-refractivity contribution in [1.82, 2.24) is 14.8 Å². The minimum absolute atomic E-state index is 0.131. The van der Waals surface area contributed by atoms with Crippen LogP contribution in [0.25, 0.3) is 22.2 Å². The number of carbonyl (C=O) groups excluding carboxylic acids is 1. The number of nitrogens with zero attached hydrogens (tertiary/aromatic N) is 2. The lowest BCUT2D eigenvalue weighted by Crippen LogP contribution is -2.10. The largest absolute Gasteiger partial charge is 0.461 e. The molecule has 0 saturated carbocycles. The highest BCUT2D eigenvalue weighted by Crippen LogP contribution is 2.38. The monoisotopic (exact) mass is 513 g/mol. The van der Waals surface area contributed by atoms with Gasteiger partial charge in [0.2, 0.25) is 0 Å². The molecule has 2 aromatic heterocycles. The fourth-order valence-electron chi connectivity index (χ4n) is 4.28. The second kappa shape index (κ2) is 9.87. The molecule has 1 N–H and O–H groups in total. The lowest BCUT2D eigenvalue weighted by Gasteiger charge is -2.11. The van der Waals surface area contributed by atoms with Crippen molar-refractivity contribution in [3.05, 3.63) is 76.1 Å². The van der Waals surface area contributed by atoms with Crippen LogP contribution in [0.1, 0.15) is 54.0 Å². The van der Waals surface area contributed by atoms with Gasteiger partial charge in [0.15, 0.2) is 9.84 Å². The Hall–Kier alpha value is -3.10. The van der Waals surface area contributed by atoms with Crippen LogP contribution >= 0.6 is 11.6 Å². The van der Waals surface area contributed by atoms with E-state index in [9.17, 15) is 13.2 Å². The van der Waals surface area contributed by atoms with Gasteiger partial charge in [-0.15, -0.1) is 0 Å². The van der Waals surface area contributed by atoms with Gasteiger partial charge in [-0.25, -0.2) is 13.2 Å². The highest BCUT2D eigenvalue weighted by Gasteiger charge is 2.27. The molecule has 0 saturated heterocycles. The third-order valence-electron chi connectivity index (χ3n) is 5.69. The van der Waals surface area contributed by atoms with Crippen molar-refractivity contribution in [2.45, 2.75) is 39.0 Å². The molecule has 0 bridgehead atoms. The number of hydrogen-bond acceptors (Lipinski definition) is 5. The van der Waals surface area contributed by atoms with Crippen LogP contribution in [0.15, 0.2) is 48.5 Å². The molecule has 2 heterocycles. The van der Waals surface area contributed by atoms with Gasteiger partial charge in [0, 0.05) is 16.8 Å². The van der Waals surface area contributed by atoms with Crippen LogP contribution in [0.4, 0.5) is 0 Å². The highest BCUT2D eigenvalue weighted by molar-refractivity contribution is 7.89. The lowest BCUT2D eigenvalue weighted by molar-refractivity contribution is 0.0521. The third-order valence-corrected chi connectivity index (χ3v) is 6.88. The van der Waals surface area contributed by atoms with E-state index in [-0.39, 0.29) is 18.3 Å². The van der Waals surface area contributed by atoms with Crippen LogP contribution in [0, 0.1) is 0 Å². The van der Waals surface area contributed by atoms with Gasteiger partial charge in [-0.05, 0) is 35.6 Å². The number of carbonyl (C=O) groups is 1. The van der Waals surface area contributed by atoms with Crippen LogP contribution in [0.3, 0.4) is 0 Å². The molecule has 0 fully saturated rings. The normalized spacial score (nSPS) is 11.9. The molecule has 0 unspecified atom stereocenters. The summed E-state index contributed by atoms with van der Waals surface area (Å²) in [4.78, 5) is 16.2. The van der Waals surface area contributed by atoms with Gasteiger partial charge >= 0.3 is 5.97 Å². The molecule has 0 atom stereocenters. The summed E-state index contributed by atoms with van der Waals surface area (Å²) in [6.07, 6.45) is 1.17. The van der Waals surface area contributed by atoms with Crippen molar-refractivity contribution in [1.29, 1.82) is 0 Å². The fraction of sp³-hybridized carbons (Fsp3) is 0.308. The molecule has 35 heavy (non-hydrogen) atoms. The van der Waals surface area contributed by atoms with Crippen molar-refractivity contribution in [2.24, 2.45) is 0 Å². The van der Waals surface area contributed by atoms with Gasteiger partial charge in [0.1, 0.15) is 11.2 Å². The zero-order valence-corrected chi connectivity index (χ0v) is 21.7. The molecule has 0 aliphatic heterocycles. The van der Waals surface area contributed by atoms with Gasteiger partial charge in [-0.2, -0.15) is 5.10 Å². The number of ether oxygens (including phenoxy) is 1. The van der Waals surface area contributed by atoms with Crippen molar-refractivity contribution in [3.8, 4) is 11.1 Å². The topological polar surface area (TPSA) is 94.1 Å². The van der Waals surface area contributed by atoms with Crippen LogP contribution in [-0.4, -0.2) is 42.0 Å². The summed E-state index contributed by atoms with van der Waals surface area (Å²) in [6, 6.07) is 15.2. The van der Waals surface area contributed by atoms with E-state index in [2.05, 4.69) is 18.8 Å².